The summed E-state index contributed by atoms with van der Waals surface area (Å²) in [4.78, 5) is 0.883. The van der Waals surface area contributed by atoms with E-state index in [1.807, 2.05) is 0 Å². The molecule has 0 aliphatic heterocycles. The molecule has 1 nitrogen and oxygen atoms in total. The summed E-state index contributed by atoms with van der Waals surface area (Å²) in [6, 6.07) is 9.97. The summed E-state index contributed by atoms with van der Waals surface area (Å²) in [6.45, 7) is 6.02. The second kappa shape index (κ2) is 11.7. The van der Waals surface area contributed by atoms with Crippen molar-refractivity contribution in [2.45, 2.75) is 51.4 Å². The smallest absolute Gasteiger partial charge is 0.200 e. The van der Waals surface area contributed by atoms with Crippen LogP contribution in [0.2, 0.25) is 24.2 Å². The van der Waals surface area contributed by atoms with Gasteiger partial charge in [0.2, 0.25) is 5.82 Å². The SMILES string of the molecule is CC[Si](CC)(CC)CCCN(c1ccccc1-c1cc(F)cc(F)c1F)c1c(F)c(F)c(F)c(F)c1F. The Bertz CT molecular complexity index is 1240. The largest absolute Gasteiger partial charge is 0.336 e. The predicted octanol–water partition coefficient (Wildman–Crippen LogP) is 9.50. The number of hydrogen-bond donors (Lipinski definition) is 0. The van der Waals surface area contributed by atoms with Crippen molar-refractivity contribution >= 4 is 19.4 Å². The number of anilines is 2. The molecule has 0 spiro atoms. The van der Waals surface area contributed by atoms with Gasteiger partial charge in [0.15, 0.2) is 34.9 Å². The molecule has 0 bridgehead atoms. The van der Waals surface area contributed by atoms with Crippen molar-refractivity contribution < 1.29 is 35.1 Å². The molecule has 10 heteroatoms. The topological polar surface area (TPSA) is 3.24 Å². The Hall–Kier alpha value is -2.88. The van der Waals surface area contributed by atoms with E-state index >= 15 is 0 Å². The van der Waals surface area contributed by atoms with E-state index in [0.29, 0.717) is 24.6 Å². The van der Waals surface area contributed by atoms with E-state index in [-0.39, 0.29) is 17.8 Å². The van der Waals surface area contributed by atoms with E-state index in [9.17, 15) is 35.1 Å². The normalized spacial score (nSPS) is 11.8. The molecule has 200 valence electrons. The van der Waals surface area contributed by atoms with Gasteiger partial charge in [-0.15, -0.1) is 0 Å². The Labute approximate surface area is 211 Å². The van der Waals surface area contributed by atoms with Gasteiger partial charge in [-0.1, -0.05) is 63.1 Å². The highest BCUT2D eigenvalue weighted by Gasteiger charge is 2.32. The summed E-state index contributed by atoms with van der Waals surface area (Å²) in [5.74, 6) is -14.7. The number of benzene rings is 3. The van der Waals surface area contributed by atoms with Crippen LogP contribution in [-0.2, 0) is 0 Å². The van der Waals surface area contributed by atoms with Crippen molar-refractivity contribution in [1.82, 2.24) is 0 Å². The Morgan fingerprint density at radius 3 is 1.76 bits per heavy atom. The fourth-order valence-electron chi connectivity index (χ4n) is 4.76. The van der Waals surface area contributed by atoms with Crippen LogP contribution >= 0.6 is 0 Å². The van der Waals surface area contributed by atoms with Crippen molar-refractivity contribution in [2.75, 3.05) is 11.4 Å². The lowest BCUT2D eigenvalue weighted by molar-refractivity contribution is 0.379. The van der Waals surface area contributed by atoms with Crippen LogP contribution in [0.15, 0.2) is 36.4 Å². The zero-order valence-electron chi connectivity index (χ0n) is 20.7. The van der Waals surface area contributed by atoms with Crippen molar-refractivity contribution in [3.8, 4) is 11.1 Å². The van der Waals surface area contributed by atoms with Crippen LogP contribution < -0.4 is 4.90 Å². The van der Waals surface area contributed by atoms with Gasteiger partial charge in [0.05, 0.1) is 8.07 Å². The van der Waals surface area contributed by atoms with E-state index < -0.39 is 65.9 Å². The maximum Gasteiger partial charge on any atom is 0.200 e. The van der Waals surface area contributed by atoms with Crippen molar-refractivity contribution in [3.63, 3.8) is 0 Å². The van der Waals surface area contributed by atoms with Crippen LogP contribution in [0.4, 0.5) is 46.5 Å². The second-order valence-electron chi connectivity index (χ2n) is 9.00. The Morgan fingerprint density at radius 2 is 1.19 bits per heavy atom. The summed E-state index contributed by atoms with van der Waals surface area (Å²) in [5.41, 5.74) is -2.10. The quantitative estimate of drug-likeness (QED) is 0.106. The highest BCUT2D eigenvalue weighted by atomic mass is 28.3. The summed E-state index contributed by atoms with van der Waals surface area (Å²) in [5, 5.41) is 0. The van der Waals surface area contributed by atoms with E-state index in [4.69, 9.17) is 0 Å². The van der Waals surface area contributed by atoms with Crippen LogP contribution in [0.25, 0.3) is 11.1 Å². The maximum absolute atomic E-state index is 15.0. The van der Waals surface area contributed by atoms with Crippen molar-refractivity contribution in [1.29, 1.82) is 0 Å². The highest BCUT2D eigenvalue weighted by Crippen LogP contribution is 2.41. The lowest BCUT2D eigenvalue weighted by Gasteiger charge is -2.32. The third-order valence-corrected chi connectivity index (χ3v) is 13.2. The molecule has 3 rings (SSSR count). The molecule has 0 radical (unpaired) electrons. The van der Waals surface area contributed by atoms with Crippen LogP contribution in [0.5, 0.6) is 0 Å². The summed E-state index contributed by atoms with van der Waals surface area (Å²) in [7, 11) is -1.73. The number of halogens is 8. The Morgan fingerprint density at radius 1 is 0.649 bits per heavy atom. The molecule has 37 heavy (non-hydrogen) atoms. The zero-order chi connectivity index (χ0) is 27.5. The first-order chi connectivity index (χ1) is 17.5. The standard InChI is InChI=1S/C27H27F8NSi/c1-4-37(5-2,6-3)13-9-12-36(27-25(34)23(32)22(31)24(33)26(27)35)20-11-8-7-10-17(20)18-14-16(28)15-19(29)21(18)30/h7-8,10-11,14-15H,4-6,9,12-13H2,1-3H3. The molecular weight excluding hydrogens is 518 g/mol. The van der Waals surface area contributed by atoms with Gasteiger partial charge in [-0.05, 0) is 18.6 Å². The zero-order valence-corrected chi connectivity index (χ0v) is 21.7. The third-order valence-electron chi connectivity index (χ3n) is 7.27. The Kier molecular flexibility index (Phi) is 9.04. The van der Waals surface area contributed by atoms with Crippen LogP contribution in [0, 0.1) is 46.5 Å². The van der Waals surface area contributed by atoms with Gasteiger partial charge in [-0.3, -0.25) is 0 Å². The van der Waals surface area contributed by atoms with Crippen LogP contribution in [0.1, 0.15) is 27.2 Å². The molecule has 0 amide bonds. The first-order valence-electron chi connectivity index (χ1n) is 12.0. The molecule has 3 aromatic carbocycles. The second-order valence-corrected chi connectivity index (χ2v) is 14.6. The van der Waals surface area contributed by atoms with Gasteiger partial charge in [0.25, 0.3) is 0 Å². The molecule has 0 fully saturated rings. The van der Waals surface area contributed by atoms with Gasteiger partial charge in [-0.2, -0.15) is 0 Å². The molecule has 0 unspecified atom stereocenters. The van der Waals surface area contributed by atoms with E-state index in [0.717, 1.165) is 23.0 Å². The van der Waals surface area contributed by atoms with E-state index in [2.05, 4.69) is 20.8 Å². The number of nitrogens with zero attached hydrogens (tertiary/aromatic N) is 1. The molecular formula is C27H27F8NSi. The van der Waals surface area contributed by atoms with E-state index in [1.165, 1.54) is 24.3 Å². The average molecular weight is 546 g/mol. The van der Waals surface area contributed by atoms with Gasteiger partial charge >= 0.3 is 0 Å². The maximum atomic E-state index is 15.0. The number of hydrogen-bond acceptors (Lipinski definition) is 1. The molecule has 0 aliphatic rings. The molecule has 0 aliphatic carbocycles. The fraction of sp³-hybridized carbons (Fsp3) is 0.333. The molecule has 0 aromatic heterocycles. The third kappa shape index (κ3) is 5.53. The number of rotatable bonds is 10. The molecule has 0 heterocycles. The minimum atomic E-state index is -2.31. The average Bonchev–Trinajstić information content (AvgIpc) is 2.90. The molecule has 0 saturated carbocycles. The summed E-state index contributed by atoms with van der Waals surface area (Å²) < 4.78 is 115. The first kappa shape index (κ1) is 28.7. The van der Waals surface area contributed by atoms with Gasteiger partial charge in [0.1, 0.15) is 11.5 Å². The van der Waals surface area contributed by atoms with Crippen LogP contribution in [-0.4, -0.2) is 14.6 Å². The monoisotopic (exact) mass is 545 g/mol. The highest BCUT2D eigenvalue weighted by molar-refractivity contribution is 6.79. The van der Waals surface area contributed by atoms with Gasteiger partial charge in [0, 0.05) is 29.4 Å². The number of para-hydroxylation sites is 1. The molecule has 3 aromatic rings. The van der Waals surface area contributed by atoms with Crippen LogP contribution in [0.3, 0.4) is 0 Å². The first-order valence-corrected chi connectivity index (χ1v) is 14.9. The van der Waals surface area contributed by atoms with Gasteiger partial charge < -0.3 is 4.90 Å². The molecule has 0 saturated heterocycles. The minimum absolute atomic E-state index is 0.161. The Balaban J connectivity index is 2.23. The fourth-order valence-corrected chi connectivity index (χ4v) is 8.23. The van der Waals surface area contributed by atoms with E-state index in [1.54, 1.807) is 0 Å². The summed E-state index contributed by atoms with van der Waals surface area (Å²) >= 11 is 0. The lowest BCUT2D eigenvalue weighted by Crippen LogP contribution is -2.33. The predicted molar refractivity (Wildman–Crippen MR) is 132 cm³/mol. The molecule has 0 N–H and O–H groups in total. The van der Waals surface area contributed by atoms with Crippen molar-refractivity contribution in [2.24, 2.45) is 0 Å². The van der Waals surface area contributed by atoms with Crippen molar-refractivity contribution in [3.05, 3.63) is 82.9 Å². The summed E-state index contributed by atoms with van der Waals surface area (Å²) in [6.07, 6.45) is 0.343. The minimum Gasteiger partial charge on any atom is -0.336 e. The molecule has 0 atom stereocenters. The van der Waals surface area contributed by atoms with Gasteiger partial charge in [-0.25, -0.2) is 35.1 Å². The lowest BCUT2D eigenvalue weighted by atomic mass is 10.0.